The van der Waals surface area contributed by atoms with Crippen LogP contribution >= 0.6 is 0 Å². The molecule has 0 bridgehead atoms. The van der Waals surface area contributed by atoms with Gasteiger partial charge in [0.2, 0.25) is 0 Å². The molecule has 0 radical (unpaired) electrons. The van der Waals surface area contributed by atoms with E-state index in [0.717, 1.165) is 11.4 Å². The molecule has 0 N–H and O–H groups in total. The molecule has 0 aliphatic heterocycles. The quantitative estimate of drug-likeness (QED) is 0.187. The minimum Gasteiger partial charge on any atom is -0.310 e. The maximum absolute atomic E-state index is 2.41. The summed E-state index contributed by atoms with van der Waals surface area (Å²) in [6.07, 6.45) is 0. The lowest BCUT2D eigenvalue weighted by Gasteiger charge is -2.28. The second-order valence-electron chi connectivity index (χ2n) is 13.5. The normalized spacial score (nSPS) is 13.1. The van der Waals surface area contributed by atoms with E-state index in [4.69, 9.17) is 0 Å². The van der Waals surface area contributed by atoms with Crippen molar-refractivity contribution in [3.63, 3.8) is 0 Å². The van der Waals surface area contributed by atoms with E-state index >= 15 is 0 Å². The fraction of sp³-hybridized carbons (Fsp3) is 0.0870. The molecule has 0 fully saturated rings. The highest BCUT2D eigenvalue weighted by atomic mass is 15.1. The largest absolute Gasteiger partial charge is 0.310 e. The van der Waals surface area contributed by atoms with E-state index in [0.29, 0.717) is 0 Å². The zero-order valence-electron chi connectivity index (χ0n) is 27.5. The minimum absolute atomic E-state index is 0.0667. The predicted octanol–water partition coefficient (Wildman–Crippen LogP) is 12.5. The van der Waals surface area contributed by atoms with E-state index in [1.165, 1.54) is 72.1 Å². The summed E-state index contributed by atoms with van der Waals surface area (Å²) >= 11 is 0. The third kappa shape index (κ3) is 4.26. The number of benzene rings is 7. The van der Waals surface area contributed by atoms with Crippen molar-refractivity contribution < 1.29 is 0 Å². The minimum atomic E-state index is -0.0667. The molecule has 230 valence electrons. The Morgan fingerprint density at radius 3 is 1.98 bits per heavy atom. The Hall–Kier alpha value is -5.86. The highest BCUT2D eigenvalue weighted by Crippen LogP contribution is 2.52. The van der Waals surface area contributed by atoms with Crippen molar-refractivity contribution in [1.82, 2.24) is 4.57 Å². The van der Waals surface area contributed by atoms with Gasteiger partial charge in [0.05, 0.1) is 11.0 Å². The van der Waals surface area contributed by atoms with E-state index in [9.17, 15) is 0 Å². The SMILES string of the molecule is Cc1ccccc1N(c1ccc(-c2cccc3c2C(C)(C)c2ccccc2-3)cc1)c1ccc2c(c1)c1ccccc1n2-c1ccccc1. The maximum Gasteiger partial charge on any atom is 0.0542 e. The lowest BCUT2D eigenvalue weighted by Crippen LogP contribution is -2.16. The summed E-state index contributed by atoms with van der Waals surface area (Å²) in [4.78, 5) is 2.41. The first-order valence-electron chi connectivity index (χ1n) is 16.8. The van der Waals surface area contributed by atoms with Gasteiger partial charge in [-0.25, -0.2) is 0 Å². The fourth-order valence-electron chi connectivity index (χ4n) is 8.08. The second-order valence-corrected chi connectivity index (χ2v) is 13.5. The maximum atomic E-state index is 2.41. The van der Waals surface area contributed by atoms with Crippen LogP contribution < -0.4 is 4.90 Å². The van der Waals surface area contributed by atoms with Gasteiger partial charge in [0.25, 0.3) is 0 Å². The van der Waals surface area contributed by atoms with E-state index in [1.807, 2.05) is 0 Å². The number of rotatable bonds is 5. The molecule has 0 saturated carbocycles. The monoisotopic (exact) mass is 616 g/mol. The summed E-state index contributed by atoms with van der Waals surface area (Å²) in [5.74, 6) is 0. The van der Waals surface area contributed by atoms with Gasteiger partial charge in [-0.05, 0) is 100 Å². The summed E-state index contributed by atoms with van der Waals surface area (Å²) in [6.45, 7) is 6.92. The van der Waals surface area contributed by atoms with E-state index in [1.54, 1.807) is 0 Å². The van der Waals surface area contributed by atoms with Crippen LogP contribution in [0.2, 0.25) is 0 Å². The van der Waals surface area contributed by atoms with Gasteiger partial charge in [0, 0.05) is 38.9 Å². The fourth-order valence-corrected chi connectivity index (χ4v) is 8.08. The van der Waals surface area contributed by atoms with Crippen molar-refractivity contribution >= 4 is 38.9 Å². The molecule has 2 heteroatoms. The molecule has 9 rings (SSSR count). The molecule has 0 spiro atoms. The molecule has 0 amide bonds. The van der Waals surface area contributed by atoms with Crippen LogP contribution in [0.1, 0.15) is 30.5 Å². The van der Waals surface area contributed by atoms with Gasteiger partial charge < -0.3 is 9.47 Å². The van der Waals surface area contributed by atoms with Crippen molar-refractivity contribution in [3.05, 3.63) is 180 Å². The molecular formula is C46H36N2. The number of hydrogen-bond donors (Lipinski definition) is 0. The molecule has 1 aromatic heterocycles. The molecule has 8 aromatic rings. The van der Waals surface area contributed by atoms with E-state index in [2.05, 4.69) is 194 Å². The highest BCUT2D eigenvalue weighted by molar-refractivity contribution is 6.10. The highest BCUT2D eigenvalue weighted by Gasteiger charge is 2.37. The van der Waals surface area contributed by atoms with Crippen molar-refractivity contribution in [2.75, 3.05) is 4.90 Å². The standard InChI is InChI=1S/C46H36N2/c1-31-14-7-11-22-42(31)47(35-28-29-44-40(30-35)38-18-9-12-23-43(38)48(44)33-15-5-4-6-16-33)34-26-24-32(25-27-34)36-19-13-20-39-37-17-8-10-21-41(37)46(2,3)45(36)39/h4-30H,1-3H3. The van der Waals surface area contributed by atoms with Crippen LogP contribution in [0, 0.1) is 6.92 Å². The van der Waals surface area contributed by atoms with Crippen LogP contribution in [0.5, 0.6) is 0 Å². The Morgan fingerprint density at radius 1 is 0.500 bits per heavy atom. The molecule has 0 atom stereocenters. The Bertz CT molecular complexity index is 2480. The molecule has 48 heavy (non-hydrogen) atoms. The third-order valence-electron chi connectivity index (χ3n) is 10.3. The van der Waals surface area contributed by atoms with Crippen LogP contribution in [0.25, 0.3) is 49.7 Å². The number of fused-ring (bicyclic) bond motifs is 6. The van der Waals surface area contributed by atoms with Crippen molar-refractivity contribution in [2.24, 2.45) is 0 Å². The first kappa shape index (κ1) is 28.4. The number of aromatic nitrogens is 1. The van der Waals surface area contributed by atoms with Gasteiger partial charge in [0.15, 0.2) is 0 Å². The molecule has 1 aliphatic carbocycles. The van der Waals surface area contributed by atoms with Gasteiger partial charge in [0.1, 0.15) is 0 Å². The van der Waals surface area contributed by atoms with E-state index < -0.39 is 0 Å². The molecular weight excluding hydrogens is 581 g/mol. The Balaban J connectivity index is 1.19. The summed E-state index contributed by atoms with van der Waals surface area (Å²) in [5.41, 5.74) is 16.2. The van der Waals surface area contributed by atoms with Crippen molar-refractivity contribution in [3.8, 4) is 27.9 Å². The molecule has 1 aliphatic rings. The Morgan fingerprint density at radius 2 is 1.15 bits per heavy atom. The lowest BCUT2D eigenvalue weighted by molar-refractivity contribution is 0.662. The zero-order valence-corrected chi connectivity index (χ0v) is 27.5. The lowest BCUT2D eigenvalue weighted by atomic mass is 9.79. The summed E-state index contributed by atoms with van der Waals surface area (Å²) in [7, 11) is 0. The first-order valence-corrected chi connectivity index (χ1v) is 16.8. The Kier molecular flexibility index (Phi) is 6.42. The van der Waals surface area contributed by atoms with Gasteiger partial charge in [-0.1, -0.05) is 123 Å². The third-order valence-corrected chi connectivity index (χ3v) is 10.3. The van der Waals surface area contributed by atoms with Crippen molar-refractivity contribution in [1.29, 1.82) is 0 Å². The molecule has 7 aromatic carbocycles. The van der Waals surface area contributed by atoms with Gasteiger partial charge in [-0.15, -0.1) is 0 Å². The number of hydrogen-bond acceptors (Lipinski definition) is 1. The summed E-state index contributed by atoms with van der Waals surface area (Å²) in [6, 6.07) is 59.8. The van der Waals surface area contributed by atoms with Crippen LogP contribution in [0.4, 0.5) is 17.1 Å². The summed E-state index contributed by atoms with van der Waals surface area (Å²) in [5, 5.41) is 2.49. The number of aryl methyl sites for hydroxylation is 1. The van der Waals surface area contributed by atoms with Crippen molar-refractivity contribution in [2.45, 2.75) is 26.2 Å². The average Bonchev–Trinajstić information content (AvgIpc) is 3.58. The topological polar surface area (TPSA) is 8.17 Å². The summed E-state index contributed by atoms with van der Waals surface area (Å²) < 4.78 is 2.37. The zero-order chi connectivity index (χ0) is 32.4. The van der Waals surface area contributed by atoms with Crippen LogP contribution in [0.3, 0.4) is 0 Å². The molecule has 1 heterocycles. The van der Waals surface area contributed by atoms with Gasteiger partial charge in [-0.3, -0.25) is 0 Å². The molecule has 2 nitrogen and oxygen atoms in total. The number of para-hydroxylation sites is 3. The Labute approximate surface area is 282 Å². The van der Waals surface area contributed by atoms with Crippen LogP contribution in [0.15, 0.2) is 164 Å². The molecule has 0 saturated heterocycles. The smallest absolute Gasteiger partial charge is 0.0542 e. The first-order chi connectivity index (χ1) is 23.5. The van der Waals surface area contributed by atoms with Gasteiger partial charge >= 0.3 is 0 Å². The van der Waals surface area contributed by atoms with Crippen LogP contribution in [-0.2, 0) is 5.41 Å². The average molecular weight is 617 g/mol. The number of anilines is 3. The number of nitrogens with zero attached hydrogens (tertiary/aromatic N) is 2. The molecule has 0 unspecified atom stereocenters. The second kappa shape index (κ2) is 10.9. The van der Waals surface area contributed by atoms with E-state index in [-0.39, 0.29) is 5.41 Å². The van der Waals surface area contributed by atoms with Gasteiger partial charge in [-0.2, -0.15) is 0 Å². The van der Waals surface area contributed by atoms with Crippen LogP contribution in [-0.4, -0.2) is 4.57 Å². The predicted molar refractivity (Wildman–Crippen MR) is 203 cm³/mol.